The highest BCUT2D eigenvalue weighted by Crippen LogP contribution is 2.16. The number of benzene rings is 1. The lowest BCUT2D eigenvalue weighted by Gasteiger charge is -2.40. The molecule has 136 valence electrons. The third-order valence-electron chi connectivity index (χ3n) is 4.77. The van der Waals surface area contributed by atoms with Gasteiger partial charge < -0.3 is 5.11 Å². The molecule has 1 fully saturated rings. The largest absolute Gasteiger partial charge is 0.396 e. The molecule has 4 nitrogen and oxygen atoms in total. The van der Waals surface area contributed by atoms with Crippen LogP contribution in [0.1, 0.15) is 23.4 Å². The summed E-state index contributed by atoms with van der Waals surface area (Å²) < 4.78 is 0. The number of aryl methyl sites for hydroxylation is 1. The smallest absolute Gasteiger partial charge is 0.0606 e. The first kappa shape index (κ1) is 18.6. The van der Waals surface area contributed by atoms with Crippen molar-refractivity contribution in [3.05, 3.63) is 65.5 Å². The van der Waals surface area contributed by atoms with Crippen LogP contribution in [0.3, 0.4) is 0 Å². The van der Waals surface area contributed by atoms with E-state index in [4.69, 9.17) is 0 Å². The Morgan fingerprint density at radius 3 is 2.73 bits per heavy atom. The number of piperazine rings is 1. The van der Waals surface area contributed by atoms with Crippen molar-refractivity contribution < 1.29 is 5.11 Å². The summed E-state index contributed by atoms with van der Waals surface area (Å²) in [6.45, 7) is 6.77. The third kappa shape index (κ3) is 5.40. The second kappa shape index (κ2) is 9.49. The molecule has 1 aliphatic heterocycles. The van der Waals surface area contributed by atoms with Crippen LogP contribution in [0.25, 0.3) is 0 Å². The number of aromatic nitrogens is 1. The zero-order valence-electron chi connectivity index (χ0n) is 15.4. The number of hydrogen-bond acceptors (Lipinski definition) is 4. The molecule has 2 aromatic rings. The highest BCUT2D eigenvalue weighted by molar-refractivity contribution is 5.33. The summed E-state index contributed by atoms with van der Waals surface area (Å²) in [5.74, 6) is 6.52. The molecule has 1 aliphatic rings. The van der Waals surface area contributed by atoms with E-state index >= 15 is 0 Å². The molecule has 1 saturated heterocycles. The molecular formula is C22H27N3O. The van der Waals surface area contributed by atoms with E-state index in [2.05, 4.69) is 38.8 Å². The van der Waals surface area contributed by atoms with Gasteiger partial charge in [-0.2, -0.15) is 0 Å². The van der Waals surface area contributed by atoms with Crippen LogP contribution in [-0.2, 0) is 6.54 Å². The standard InChI is InChI=1S/C22H27N3O/c1-19-7-5-11-21(23-19)17-25-15-14-24(18-22(25)12-16-26)13-6-10-20-8-3-2-4-9-20/h2-5,7-9,11,22,26H,12-18H2,1H3/t22-/m1/s1. The van der Waals surface area contributed by atoms with Crippen molar-refractivity contribution in [2.45, 2.75) is 25.9 Å². The van der Waals surface area contributed by atoms with Crippen molar-refractivity contribution >= 4 is 0 Å². The second-order valence-electron chi connectivity index (χ2n) is 6.81. The Hall–Kier alpha value is -2.19. The van der Waals surface area contributed by atoms with Crippen LogP contribution in [0.4, 0.5) is 0 Å². The van der Waals surface area contributed by atoms with E-state index in [1.165, 1.54) is 0 Å². The Kier molecular flexibility index (Phi) is 6.79. The van der Waals surface area contributed by atoms with E-state index in [9.17, 15) is 5.11 Å². The maximum atomic E-state index is 9.47. The predicted octanol–water partition coefficient (Wildman–Crippen LogP) is 2.31. The number of aliphatic hydroxyl groups excluding tert-OH is 1. The Labute approximate surface area is 156 Å². The molecule has 0 radical (unpaired) electrons. The van der Waals surface area contributed by atoms with Crippen LogP contribution in [0.5, 0.6) is 0 Å². The first-order valence-corrected chi connectivity index (χ1v) is 9.28. The quantitative estimate of drug-likeness (QED) is 0.841. The van der Waals surface area contributed by atoms with Crippen molar-refractivity contribution in [3.8, 4) is 11.8 Å². The lowest BCUT2D eigenvalue weighted by Crippen LogP contribution is -2.53. The molecule has 26 heavy (non-hydrogen) atoms. The minimum atomic E-state index is 0.214. The molecule has 1 N–H and O–H groups in total. The van der Waals surface area contributed by atoms with Crippen LogP contribution in [0, 0.1) is 18.8 Å². The number of aliphatic hydroxyl groups is 1. The number of nitrogens with zero attached hydrogens (tertiary/aromatic N) is 3. The maximum absolute atomic E-state index is 9.47. The van der Waals surface area contributed by atoms with Crippen LogP contribution >= 0.6 is 0 Å². The van der Waals surface area contributed by atoms with Gasteiger partial charge in [-0.15, -0.1) is 0 Å². The fraction of sp³-hybridized carbons (Fsp3) is 0.409. The minimum Gasteiger partial charge on any atom is -0.396 e. The molecule has 0 spiro atoms. The highest BCUT2D eigenvalue weighted by Gasteiger charge is 2.26. The first-order chi connectivity index (χ1) is 12.7. The van der Waals surface area contributed by atoms with Gasteiger partial charge in [-0.3, -0.25) is 14.8 Å². The molecule has 2 heterocycles. The number of rotatable bonds is 5. The van der Waals surface area contributed by atoms with Gasteiger partial charge in [0.2, 0.25) is 0 Å². The van der Waals surface area contributed by atoms with Crippen LogP contribution in [0.15, 0.2) is 48.5 Å². The zero-order chi connectivity index (χ0) is 18.2. The average molecular weight is 349 g/mol. The molecule has 0 amide bonds. The van der Waals surface area contributed by atoms with E-state index < -0.39 is 0 Å². The third-order valence-corrected chi connectivity index (χ3v) is 4.77. The van der Waals surface area contributed by atoms with E-state index in [0.717, 1.165) is 56.1 Å². The number of hydrogen-bond donors (Lipinski definition) is 1. The van der Waals surface area contributed by atoms with E-state index in [1.807, 2.05) is 43.3 Å². The summed E-state index contributed by atoms with van der Waals surface area (Å²) in [6, 6.07) is 16.6. The van der Waals surface area contributed by atoms with E-state index in [1.54, 1.807) is 0 Å². The van der Waals surface area contributed by atoms with Gasteiger partial charge in [-0.25, -0.2) is 0 Å². The fourth-order valence-electron chi connectivity index (χ4n) is 3.40. The van der Waals surface area contributed by atoms with Gasteiger partial charge in [-0.1, -0.05) is 36.1 Å². The Balaban J connectivity index is 1.58. The van der Waals surface area contributed by atoms with Gasteiger partial charge >= 0.3 is 0 Å². The van der Waals surface area contributed by atoms with Crippen molar-refractivity contribution in [1.82, 2.24) is 14.8 Å². The Bertz CT molecular complexity index is 751. The van der Waals surface area contributed by atoms with Gasteiger partial charge in [0, 0.05) is 50.1 Å². The normalized spacial score (nSPS) is 18.3. The summed E-state index contributed by atoms with van der Waals surface area (Å²) in [5.41, 5.74) is 3.21. The van der Waals surface area contributed by atoms with Gasteiger partial charge in [0.25, 0.3) is 0 Å². The molecule has 1 aromatic heterocycles. The summed E-state index contributed by atoms with van der Waals surface area (Å²) >= 11 is 0. The highest BCUT2D eigenvalue weighted by atomic mass is 16.3. The SMILES string of the molecule is Cc1cccc(CN2CCN(CC#Cc3ccccc3)C[C@H]2CCO)n1. The molecule has 1 atom stereocenters. The molecular weight excluding hydrogens is 322 g/mol. The van der Waals surface area contributed by atoms with Crippen molar-refractivity contribution in [1.29, 1.82) is 0 Å². The van der Waals surface area contributed by atoms with Crippen molar-refractivity contribution in [2.24, 2.45) is 0 Å². The lowest BCUT2D eigenvalue weighted by atomic mass is 10.1. The Morgan fingerprint density at radius 1 is 1.12 bits per heavy atom. The summed E-state index contributed by atoms with van der Waals surface area (Å²) in [5, 5.41) is 9.47. The monoisotopic (exact) mass is 349 g/mol. The molecule has 3 rings (SSSR count). The zero-order valence-corrected chi connectivity index (χ0v) is 15.4. The Morgan fingerprint density at radius 2 is 1.96 bits per heavy atom. The molecule has 0 unspecified atom stereocenters. The van der Waals surface area contributed by atoms with Crippen LogP contribution in [-0.4, -0.2) is 58.7 Å². The molecule has 4 heteroatoms. The van der Waals surface area contributed by atoms with Gasteiger partial charge in [0.05, 0.1) is 12.2 Å². The first-order valence-electron chi connectivity index (χ1n) is 9.28. The van der Waals surface area contributed by atoms with E-state index in [0.29, 0.717) is 6.04 Å². The fourth-order valence-corrected chi connectivity index (χ4v) is 3.40. The number of pyridine rings is 1. The topological polar surface area (TPSA) is 39.6 Å². The second-order valence-corrected chi connectivity index (χ2v) is 6.81. The van der Waals surface area contributed by atoms with E-state index in [-0.39, 0.29) is 6.61 Å². The van der Waals surface area contributed by atoms with Gasteiger partial charge in [0.1, 0.15) is 0 Å². The molecule has 0 saturated carbocycles. The molecule has 0 bridgehead atoms. The van der Waals surface area contributed by atoms with Crippen LogP contribution < -0.4 is 0 Å². The minimum absolute atomic E-state index is 0.214. The maximum Gasteiger partial charge on any atom is 0.0606 e. The van der Waals surface area contributed by atoms with Gasteiger partial charge in [-0.05, 0) is 37.6 Å². The summed E-state index contributed by atoms with van der Waals surface area (Å²) in [4.78, 5) is 9.45. The molecule has 1 aromatic carbocycles. The predicted molar refractivity (Wildman–Crippen MR) is 105 cm³/mol. The van der Waals surface area contributed by atoms with Gasteiger partial charge in [0.15, 0.2) is 0 Å². The lowest BCUT2D eigenvalue weighted by molar-refractivity contribution is 0.0596. The van der Waals surface area contributed by atoms with Crippen molar-refractivity contribution in [2.75, 3.05) is 32.8 Å². The van der Waals surface area contributed by atoms with Crippen LogP contribution in [0.2, 0.25) is 0 Å². The average Bonchev–Trinajstić information content (AvgIpc) is 2.65. The van der Waals surface area contributed by atoms with Crippen molar-refractivity contribution in [3.63, 3.8) is 0 Å². The summed E-state index contributed by atoms with van der Waals surface area (Å²) in [6.07, 6.45) is 0.786. The summed E-state index contributed by atoms with van der Waals surface area (Å²) in [7, 11) is 0. The molecule has 0 aliphatic carbocycles.